The lowest BCUT2D eigenvalue weighted by molar-refractivity contribution is -0.133. The van der Waals surface area contributed by atoms with Crippen LogP contribution in [0.25, 0.3) is 0 Å². The lowest BCUT2D eigenvalue weighted by Gasteiger charge is -2.18. The van der Waals surface area contributed by atoms with E-state index in [0.29, 0.717) is 5.16 Å². The maximum absolute atomic E-state index is 10.8. The number of hydrogen-bond donors (Lipinski definition) is 1. The maximum atomic E-state index is 10.8. The highest BCUT2D eigenvalue weighted by molar-refractivity contribution is 7.99. The Morgan fingerprint density at radius 2 is 2.19 bits per heavy atom. The molecular formula is C14H19N3O2S2. The van der Waals surface area contributed by atoms with Crippen molar-refractivity contribution >= 4 is 29.1 Å². The molecule has 0 amide bonds. The first-order chi connectivity index (χ1) is 9.99. The summed E-state index contributed by atoms with van der Waals surface area (Å²) in [6.45, 7) is 6.27. The van der Waals surface area contributed by atoms with Crippen molar-refractivity contribution in [3.8, 4) is 0 Å². The molecule has 1 atom stereocenters. The van der Waals surface area contributed by atoms with E-state index in [4.69, 9.17) is 5.11 Å². The van der Waals surface area contributed by atoms with Crippen molar-refractivity contribution in [3.05, 3.63) is 28.2 Å². The fraction of sp³-hybridized carbons (Fsp3) is 0.500. The smallest absolute Gasteiger partial charge is 0.313 e. The lowest BCUT2D eigenvalue weighted by atomic mass is 10.1. The molecular weight excluding hydrogens is 306 g/mol. The Balaban J connectivity index is 2.24. The maximum Gasteiger partial charge on any atom is 0.313 e. The number of carboxylic acids is 1. The molecule has 114 valence electrons. The largest absolute Gasteiger partial charge is 0.481 e. The third kappa shape index (κ3) is 4.07. The van der Waals surface area contributed by atoms with E-state index < -0.39 is 5.97 Å². The molecule has 2 rings (SSSR count). The fourth-order valence-electron chi connectivity index (χ4n) is 2.13. The molecule has 0 saturated heterocycles. The normalized spacial score (nSPS) is 12.8. The summed E-state index contributed by atoms with van der Waals surface area (Å²) in [6.07, 6.45) is 0.899. The van der Waals surface area contributed by atoms with Gasteiger partial charge >= 0.3 is 5.97 Å². The van der Waals surface area contributed by atoms with Crippen molar-refractivity contribution in [2.45, 2.75) is 44.3 Å². The monoisotopic (exact) mass is 325 g/mol. The number of aliphatic carboxylic acids is 1. The van der Waals surface area contributed by atoms with Crippen molar-refractivity contribution in [3.63, 3.8) is 0 Å². The Bertz CT molecular complexity index is 593. The molecule has 7 heteroatoms. The molecule has 2 aromatic heterocycles. The average molecular weight is 325 g/mol. The molecule has 0 bridgehead atoms. The van der Waals surface area contributed by atoms with E-state index in [1.54, 1.807) is 11.3 Å². The van der Waals surface area contributed by atoms with Crippen LogP contribution in [0.2, 0.25) is 0 Å². The van der Waals surface area contributed by atoms with Gasteiger partial charge in [-0.1, -0.05) is 31.7 Å². The van der Waals surface area contributed by atoms with Crippen LogP contribution in [0.15, 0.2) is 22.7 Å². The minimum atomic E-state index is -0.841. The Morgan fingerprint density at radius 1 is 1.43 bits per heavy atom. The Hall–Kier alpha value is -1.34. The minimum absolute atomic E-state index is 0.00194. The molecule has 0 fully saturated rings. The van der Waals surface area contributed by atoms with Crippen molar-refractivity contribution in [2.24, 2.45) is 0 Å². The van der Waals surface area contributed by atoms with E-state index in [-0.39, 0.29) is 17.7 Å². The van der Waals surface area contributed by atoms with E-state index in [9.17, 15) is 4.79 Å². The molecule has 0 aliphatic heterocycles. The van der Waals surface area contributed by atoms with Crippen molar-refractivity contribution in [1.29, 1.82) is 0 Å². The second-order valence-corrected chi connectivity index (χ2v) is 7.16. The Labute approximate surface area is 132 Å². The molecule has 1 N–H and O–H groups in total. The van der Waals surface area contributed by atoms with Crippen LogP contribution in [-0.4, -0.2) is 31.6 Å². The SMILES string of the molecule is CC(C)c1nnc(SCC(=O)O)n1C(C)Cc1cccs1. The van der Waals surface area contributed by atoms with Gasteiger partial charge < -0.3 is 9.67 Å². The van der Waals surface area contributed by atoms with Crippen LogP contribution in [-0.2, 0) is 11.2 Å². The predicted octanol–water partition coefficient (Wildman–Crippen LogP) is 3.44. The number of carbonyl (C=O) groups is 1. The zero-order valence-corrected chi connectivity index (χ0v) is 13.9. The van der Waals surface area contributed by atoms with Gasteiger partial charge in [0.2, 0.25) is 0 Å². The summed E-state index contributed by atoms with van der Waals surface area (Å²) in [6, 6.07) is 4.36. The van der Waals surface area contributed by atoms with Crippen LogP contribution >= 0.6 is 23.1 Å². The first kappa shape index (κ1) is 16.0. The topological polar surface area (TPSA) is 68.0 Å². The minimum Gasteiger partial charge on any atom is -0.481 e. The number of thiophene rings is 1. The standard InChI is InChI=1S/C14H19N3O2S2/c1-9(2)13-15-16-14(21-8-12(18)19)17(13)10(3)7-11-5-4-6-20-11/h4-6,9-10H,7-8H2,1-3H3,(H,18,19). The first-order valence-electron chi connectivity index (χ1n) is 6.80. The summed E-state index contributed by atoms with van der Waals surface area (Å²) in [5.41, 5.74) is 0. The number of rotatable bonds is 7. The van der Waals surface area contributed by atoms with Gasteiger partial charge in [0.25, 0.3) is 0 Å². The molecule has 1 unspecified atom stereocenters. The van der Waals surface area contributed by atoms with Crippen LogP contribution in [0.3, 0.4) is 0 Å². The highest BCUT2D eigenvalue weighted by Gasteiger charge is 2.21. The lowest BCUT2D eigenvalue weighted by Crippen LogP contribution is -2.14. The molecule has 0 spiro atoms. The predicted molar refractivity (Wildman–Crippen MR) is 85.2 cm³/mol. The number of hydrogen-bond acceptors (Lipinski definition) is 5. The number of carboxylic acid groups (broad SMARTS) is 1. The van der Waals surface area contributed by atoms with E-state index in [1.165, 1.54) is 16.6 Å². The molecule has 0 aliphatic carbocycles. The van der Waals surface area contributed by atoms with Crippen LogP contribution < -0.4 is 0 Å². The van der Waals surface area contributed by atoms with Gasteiger partial charge in [0.05, 0.1) is 5.75 Å². The molecule has 2 aromatic rings. The first-order valence-corrected chi connectivity index (χ1v) is 8.67. The van der Waals surface area contributed by atoms with Crippen LogP contribution in [0.1, 0.15) is 43.4 Å². The highest BCUT2D eigenvalue weighted by Crippen LogP contribution is 2.28. The van der Waals surface area contributed by atoms with Crippen molar-refractivity contribution in [1.82, 2.24) is 14.8 Å². The number of thioether (sulfide) groups is 1. The van der Waals surface area contributed by atoms with E-state index in [1.807, 2.05) is 6.07 Å². The second kappa shape index (κ2) is 7.09. The Morgan fingerprint density at radius 3 is 2.76 bits per heavy atom. The van der Waals surface area contributed by atoms with E-state index in [2.05, 4.69) is 47.0 Å². The third-order valence-electron chi connectivity index (χ3n) is 3.05. The quantitative estimate of drug-likeness (QED) is 0.790. The fourth-order valence-corrected chi connectivity index (χ4v) is 3.72. The number of nitrogens with zero attached hydrogens (tertiary/aromatic N) is 3. The molecule has 5 nitrogen and oxygen atoms in total. The zero-order chi connectivity index (χ0) is 15.4. The van der Waals surface area contributed by atoms with Gasteiger partial charge in [0.15, 0.2) is 5.16 Å². The van der Waals surface area contributed by atoms with E-state index in [0.717, 1.165) is 12.2 Å². The van der Waals surface area contributed by atoms with Gasteiger partial charge in [-0.2, -0.15) is 0 Å². The molecule has 0 aromatic carbocycles. The summed E-state index contributed by atoms with van der Waals surface area (Å²) >= 11 is 2.96. The van der Waals surface area contributed by atoms with Gasteiger partial charge in [-0.3, -0.25) is 4.79 Å². The summed E-state index contributed by atoms with van der Waals surface area (Å²) in [5.74, 6) is 0.322. The number of aromatic nitrogens is 3. The summed E-state index contributed by atoms with van der Waals surface area (Å²) < 4.78 is 2.08. The summed E-state index contributed by atoms with van der Waals surface area (Å²) in [4.78, 5) is 12.1. The second-order valence-electron chi connectivity index (χ2n) is 5.18. The highest BCUT2D eigenvalue weighted by atomic mass is 32.2. The molecule has 2 heterocycles. The van der Waals surface area contributed by atoms with Crippen LogP contribution in [0.5, 0.6) is 0 Å². The van der Waals surface area contributed by atoms with Crippen molar-refractivity contribution < 1.29 is 9.90 Å². The van der Waals surface area contributed by atoms with Gasteiger partial charge in [-0.05, 0) is 18.4 Å². The molecule has 0 saturated carbocycles. The Kier molecular flexibility index (Phi) is 5.41. The summed E-state index contributed by atoms with van der Waals surface area (Å²) in [5, 5.41) is 20.0. The van der Waals surface area contributed by atoms with Gasteiger partial charge in [0.1, 0.15) is 5.82 Å². The van der Waals surface area contributed by atoms with Gasteiger partial charge in [-0.25, -0.2) is 0 Å². The van der Waals surface area contributed by atoms with Gasteiger partial charge in [0, 0.05) is 23.3 Å². The molecule has 0 aliphatic rings. The average Bonchev–Trinajstić information content (AvgIpc) is 3.04. The van der Waals surface area contributed by atoms with Crippen LogP contribution in [0.4, 0.5) is 0 Å². The third-order valence-corrected chi connectivity index (χ3v) is 4.88. The van der Waals surface area contributed by atoms with Crippen molar-refractivity contribution in [2.75, 3.05) is 5.75 Å². The zero-order valence-electron chi connectivity index (χ0n) is 12.3. The van der Waals surface area contributed by atoms with Crippen LogP contribution in [0, 0.1) is 0 Å². The van der Waals surface area contributed by atoms with E-state index >= 15 is 0 Å². The molecule has 21 heavy (non-hydrogen) atoms. The molecule has 0 radical (unpaired) electrons. The van der Waals surface area contributed by atoms with Gasteiger partial charge in [-0.15, -0.1) is 21.5 Å². The summed E-state index contributed by atoms with van der Waals surface area (Å²) in [7, 11) is 0.